The highest BCUT2D eigenvalue weighted by Gasteiger charge is 2.18. The number of carbonyl (C=O) groups excluding carboxylic acids is 2. The lowest BCUT2D eigenvalue weighted by molar-refractivity contribution is 0.0527. The van der Waals surface area contributed by atoms with Crippen LogP contribution in [0.4, 0.5) is 20.7 Å². The number of alkyl carbamates (subject to hydrolysis) is 1. The second-order valence-corrected chi connectivity index (χ2v) is 9.26. The first-order valence-electron chi connectivity index (χ1n) is 11.4. The molecule has 0 spiro atoms. The van der Waals surface area contributed by atoms with E-state index >= 15 is 0 Å². The average Bonchev–Trinajstić information content (AvgIpc) is 2.84. The van der Waals surface area contributed by atoms with Crippen molar-refractivity contribution >= 4 is 35.1 Å². The van der Waals surface area contributed by atoms with Crippen molar-refractivity contribution in [3.63, 3.8) is 0 Å². The summed E-state index contributed by atoms with van der Waals surface area (Å²) in [5.41, 5.74) is 0.177. The van der Waals surface area contributed by atoms with Crippen LogP contribution < -0.4 is 20.7 Å². The first-order valence-corrected chi connectivity index (χ1v) is 11.8. The van der Waals surface area contributed by atoms with E-state index in [1.165, 1.54) is 43.9 Å². The second-order valence-electron chi connectivity index (χ2n) is 8.82. The number of hydrogen-bond donors (Lipinski definition) is 3. The van der Waals surface area contributed by atoms with Crippen molar-refractivity contribution in [2.24, 2.45) is 0 Å². The van der Waals surface area contributed by atoms with Gasteiger partial charge in [0.05, 0.1) is 30.1 Å². The molecule has 2 heterocycles. The minimum atomic E-state index is -0.586. The number of halogens is 2. The number of amides is 2. The number of pyridine rings is 1. The number of carbonyl (C=O) groups is 2. The average molecular weight is 531 g/mol. The van der Waals surface area contributed by atoms with E-state index in [1.54, 1.807) is 26.8 Å². The molecule has 0 unspecified atom stereocenters. The van der Waals surface area contributed by atoms with Gasteiger partial charge < -0.3 is 25.4 Å². The molecule has 0 saturated carbocycles. The molecule has 2 aromatic heterocycles. The Hall–Kier alpha value is -3.99. The number of nitrogens with one attached hydrogen (secondary N) is 3. The molecule has 2 amide bonds. The van der Waals surface area contributed by atoms with E-state index in [1.807, 2.05) is 0 Å². The van der Waals surface area contributed by atoms with Crippen LogP contribution >= 0.6 is 11.6 Å². The van der Waals surface area contributed by atoms with Crippen LogP contribution in [0.25, 0.3) is 11.4 Å². The monoisotopic (exact) mass is 530 g/mol. The Morgan fingerprint density at radius 2 is 1.86 bits per heavy atom. The Balaban J connectivity index is 1.69. The lowest BCUT2D eigenvalue weighted by Crippen LogP contribution is -2.34. The van der Waals surface area contributed by atoms with Gasteiger partial charge in [-0.05, 0) is 51.5 Å². The summed E-state index contributed by atoms with van der Waals surface area (Å²) in [4.78, 5) is 37.1. The first-order chi connectivity index (χ1) is 17.6. The number of methoxy groups -OCH3 is 1. The quantitative estimate of drug-likeness (QED) is 0.339. The molecule has 3 aromatic rings. The van der Waals surface area contributed by atoms with E-state index in [4.69, 9.17) is 21.1 Å². The molecule has 0 radical (unpaired) electrons. The summed E-state index contributed by atoms with van der Waals surface area (Å²) in [6, 6.07) is 5.68. The van der Waals surface area contributed by atoms with E-state index in [0.717, 1.165) is 0 Å². The van der Waals surface area contributed by atoms with Crippen molar-refractivity contribution in [3.8, 4) is 17.1 Å². The zero-order valence-electron chi connectivity index (χ0n) is 20.9. The predicted octanol–water partition coefficient (Wildman–Crippen LogP) is 4.73. The van der Waals surface area contributed by atoms with Gasteiger partial charge in [-0.2, -0.15) is 0 Å². The molecular formula is C25H28ClFN6O4. The van der Waals surface area contributed by atoms with Gasteiger partial charge in [-0.3, -0.25) is 9.78 Å². The Morgan fingerprint density at radius 3 is 2.59 bits per heavy atom. The van der Waals surface area contributed by atoms with Gasteiger partial charge >= 0.3 is 6.09 Å². The molecule has 37 heavy (non-hydrogen) atoms. The summed E-state index contributed by atoms with van der Waals surface area (Å²) in [5, 5.41) is 8.81. The van der Waals surface area contributed by atoms with Crippen LogP contribution in [0.15, 0.2) is 42.9 Å². The molecule has 196 valence electrons. The maximum Gasteiger partial charge on any atom is 0.407 e. The molecule has 0 bridgehead atoms. The summed E-state index contributed by atoms with van der Waals surface area (Å²) < 4.78 is 24.9. The molecule has 12 heteroatoms. The molecule has 0 fully saturated rings. The molecule has 0 atom stereocenters. The van der Waals surface area contributed by atoms with Crippen LogP contribution in [0.1, 0.15) is 37.6 Å². The van der Waals surface area contributed by atoms with Crippen LogP contribution in [-0.2, 0) is 4.74 Å². The highest BCUT2D eigenvalue weighted by atomic mass is 35.5. The van der Waals surface area contributed by atoms with Crippen molar-refractivity contribution < 1.29 is 23.5 Å². The summed E-state index contributed by atoms with van der Waals surface area (Å²) in [5.74, 6) is -0.343. The molecule has 3 N–H and O–H groups in total. The smallest absolute Gasteiger partial charge is 0.407 e. The third-order valence-electron chi connectivity index (χ3n) is 4.77. The lowest BCUT2D eigenvalue weighted by atomic mass is 10.2. The minimum Gasteiger partial charge on any atom is -0.491 e. The zero-order chi connectivity index (χ0) is 27.0. The number of ether oxygens (including phenoxy) is 2. The fourth-order valence-electron chi connectivity index (χ4n) is 3.11. The van der Waals surface area contributed by atoms with E-state index in [9.17, 15) is 14.0 Å². The van der Waals surface area contributed by atoms with Crippen LogP contribution in [0, 0.1) is 5.82 Å². The van der Waals surface area contributed by atoms with Crippen LogP contribution in [0.3, 0.4) is 0 Å². The molecule has 0 aliphatic carbocycles. The van der Waals surface area contributed by atoms with Crippen molar-refractivity contribution in [2.75, 3.05) is 25.5 Å². The Bertz CT molecular complexity index is 1270. The van der Waals surface area contributed by atoms with E-state index < -0.39 is 17.5 Å². The standard InChI is InChI=1S/C25H28ClFN6O4/c1-25(2,3)37-24(35)30-10-5-9-29-23(34)17-13-28-11-8-19(17)32-22-20(36-4)14-31-21(33-22)16-12-15(26)6-7-18(16)27/h6-8,11-14H,5,9-10H2,1-4H3,(H,29,34)(H,30,35)(H,28,31,32,33). The molecule has 0 aliphatic rings. The van der Waals surface area contributed by atoms with Crippen LogP contribution in [-0.4, -0.2) is 52.8 Å². The molecular weight excluding hydrogens is 503 g/mol. The summed E-state index contributed by atoms with van der Waals surface area (Å²) >= 11 is 6.01. The van der Waals surface area contributed by atoms with Gasteiger partial charge in [0.15, 0.2) is 17.4 Å². The van der Waals surface area contributed by atoms with Gasteiger partial charge in [-0.1, -0.05) is 11.6 Å². The number of rotatable bonds is 9. The van der Waals surface area contributed by atoms with E-state index in [-0.39, 0.29) is 34.4 Å². The zero-order valence-corrected chi connectivity index (χ0v) is 21.6. The maximum absolute atomic E-state index is 14.4. The fraction of sp³-hybridized carbons (Fsp3) is 0.320. The Labute approximate surface area is 219 Å². The normalized spacial score (nSPS) is 11.0. The molecule has 1 aromatic carbocycles. The van der Waals surface area contributed by atoms with Gasteiger partial charge in [0, 0.05) is 30.5 Å². The van der Waals surface area contributed by atoms with Crippen LogP contribution in [0.5, 0.6) is 5.75 Å². The second kappa shape index (κ2) is 12.3. The van der Waals surface area contributed by atoms with Gasteiger partial charge in [0.25, 0.3) is 5.91 Å². The number of benzene rings is 1. The van der Waals surface area contributed by atoms with Crippen molar-refractivity contribution in [3.05, 3.63) is 59.3 Å². The molecule has 3 rings (SSSR count). The summed E-state index contributed by atoms with van der Waals surface area (Å²) in [7, 11) is 1.44. The van der Waals surface area contributed by atoms with Gasteiger partial charge in [-0.25, -0.2) is 19.2 Å². The van der Waals surface area contributed by atoms with Gasteiger partial charge in [0.2, 0.25) is 0 Å². The lowest BCUT2D eigenvalue weighted by Gasteiger charge is -2.19. The highest BCUT2D eigenvalue weighted by molar-refractivity contribution is 6.30. The van der Waals surface area contributed by atoms with Crippen molar-refractivity contribution in [2.45, 2.75) is 32.8 Å². The first kappa shape index (κ1) is 27.6. The van der Waals surface area contributed by atoms with Gasteiger partial charge in [-0.15, -0.1) is 0 Å². The van der Waals surface area contributed by atoms with E-state index in [0.29, 0.717) is 30.2 Å². The Morgan fingerprint density at radius 1 is 1.11 bits per heavy atom. The number of anilines is 2. The van der Waals surface area contributed by atoms with Crippen molar-refractivity contribution in [1.82, 2.24) is 25.6 Å². The predicted molar refractivity (Wildman–Crippen MR) is 138 cm³/mol. The highest BCUT2D eigenvalue weighted by Crippen LogP contribution is 2.30. The molecule has 0 aliphatic heterocycles. The third kappa shape index (κ3) is 8.01. The minimum absolute atomic E-state index is 0.0841. The van der Waals surface area contributed by atoms with Gasteiger partial charge in [0.1, 0.15) is 11.4 Å². The largest absolute Gasteiger partial charge is 0.491 e. The topological polar surface area (TPSA) is 127 Å². The number of nitrogens with zero attached hydrogens (tertiary/aromatic N) is 3. The van der Waals surface area contributed by atoms with Crippen LogP contribution in [0.2, 0.25) is 5.02 Å². The van der Waals surface area contributed by atoms with Crippen molar-refractivity contribution in [1.29, 1.82) is 0 Å². The number of hydrogen-bond acceptors (Lipinski definition) is 8. The fourth-order valence-corrected chi connectivity index (χ4v) is 3.28. The Kier molecular flexibility index (Phi) is 9.18. The number of aromatic nitrogens is 3. The summed E-state index contributed by atoms with van der Waals surface area (Å²) in [6.45, 7) is 5.96. The maximum atomic E-state index is 14.4. The SMILES string of the molecule is COc1cnc(-c2cc(Cl)ccc2F)nc1Nc1ccncc1C(=O)NCCCNC(=O)OC(C)(C)C. The summed E-state index contributed by atoms with van der Waals surface area (Å²) in [6.07, 6.45) is 4.27. The molecule has 0 saturated heterocycles. The third-order valence-corrected chi connectivity index (χ3v) is 5.01. The molecule has 10 nitrogen and oxygen atoms in total. The van der Waals surface area contributed by atoms with E-state index in [2.05, 4.69) is 30.9 Å².